The zero-order valence-corrected chi connectivity index (χ0v) is 12.1. The number of aromatic nitrogens is 3. The number of aliphatic hydroxyl groups excluding tert-OH is 1. The van der Waals surface area contributed by atoms with Crippen LogP contribution in [0.25, 0.3) is 0 Å². The van der Waals surface area contributed by atoms with Crippen molar-refractivity contribution in [3.8, 4) is 0 Å². The van der Waals surface area contributed by atoms with Gasteiger partial charge in [0.15, 0.2) is 0 Å². The standard InChI is InChI=1S/C14H22N6O/c1-3-7-15-12-17-13(16-8-4-2)19-14(18-12)20-9-5-11(21)6-10-20/h3-4,11,21H,1-2,5-10H2,(H2,15,16,17,18,19). The van der Waals surface area contributed by atoms with E-state index in [1.807, 2.05) is 0 Å². The van der Waals surface area contributed by atoms with E-state index in [2.05, 4.69) is 43.6 Å². The van der Waals surface area contributed by atoms with Crippen LogP contribution in [0.5, 0.6) is 0 Å². The first-order valence-corrected chi connectivity index (χ1v) is 7.11. The molecule has 0 aliphatic carbocycles. The summed E-state index contributed by atoms with van der Waals surface area (Å²) in [5, 5.41) is 15.7. The quantitative estimate of drug-likeness (QED) is 0.646. The number of nitrogens with zero attached hydrogens (tertiary/aromatic N) is 4. The second kappa shape index (κ2) is 7.58. The van der Waals surface area contributed by atoms with Crippen LogP contribution in [0.4, 0.5) is 17.8 Å². The zero-order valence-electron chi connectivity index (χ0n) is 12.1. The lowest BCUT2D eigenvalue weighted by molar-refractivity contribution is 0.145. The van der Waals surface area contributed by atoms with E-state index in [9.17, 15) is 5.11 Å². The highest BCUT2D eigenvalue weighted by atomic mass is 16.3. The second-order valence-corrected chi connectivity index (χ2v) is 4.84. The van der Waals surface area contributed by atoms with Crippen LogP contribution in [0.2, 0.25) is 0 Å². The van der Waals surface area contributed by atoms with Gasteiger partial charge in [-0.2, -0.15) is 15.0 Å². The van der Waals surface area contributed by atoms with Gasteiger partial charge in [-0.05, 0) is 12.8 Å². The first-order chi connectivity index (χ1) is 10.2. The molecule has 1 aromatic heterocycles. The molecule has 1 aromatic rings. The van der Waals surface area contributed by atoms with Crippen molar-refractivity contribution in [3.63, 3.8) is 0 Å². The third-order valence-corrected chi connectivity index (χ3v) is 3.18. The number of anilines is 3. The topological polar surface area (TPSA) is 86.2 Å². The van der Waals surface area contributed by atoms with Crippen molar-refractivity contribution in [2.45, 2.75) is 18.9 Å². The molecule has 2 heterocycles. The molecular weight excluding hydrogens is 268 g/mol. The van der Waals surface area contributed by atoms with Crippen LogP contribution in [0.3, 0.4) is 0 Å². The molecule has 7 heteroatoms. The SMILES string of the molecule is C=CCNc1nc(NCC=C)nc(N2CCC(O)CC2)n1. The highest BCUT2D eigenvalue weighted by molar-refractivity contribution is 5.44. The van der Waals surface area contributed by atoms with Gasteiger partial charge in [0.1, 0.15) is 0 Å². The van der Waals surface area contributed by atoms with E-state index in [1.54, 1.807) is 12.2 Å². The molecule has 0 unspecified atom stereocenters. The van der Waals surface area contributed by atoms with Gasteiger partial charge in [0.05, 0.1) is 6.10 Å². The molecule has 0 spiro atoms. The fraction of sp³-hybridized carbons (Fsp3) is 0.500. The first kappa shape index (κ1) is 15.2. The van der Waals surface area contributed by atoms with Gasteiger partial charge in [-0.25, -0.2) is 0 Å². The predicted octanol–water partition coefficient (Wildman–Crippen LogP) is 1.03. The summed E-state index contributed by atoms with van der Waals surface area (Å²) in [6.07, 6.45) is 4.74. The molecule has 3 N–H and O–H groups in total. The third kappa shape index (κ3) is 4.42. The summed E-state index contributed by atoms with van der Waals surface area (Å²) in [5.74, 6) is 1.64. The molecule has 21 heavy (non-hydrogen) atoms. The Bertz CT molecular complexity index is 454. The molecule has 0 amide bonds. The molecule has 0 bridgehead atoms. The lowest BCUT2D eigenvalue weighted by atomic mass is 10.1. The Labute approximate surface area is 124 Å². The molecule has 114 valence electrons. The van der Waals surface area contributed by atoms with E-state index < -0.39 is 0 Å². The van der Waals surface area contributed by atoms with Crippen LogP contribution in [0.1, 0.15) is 12.8 Å². The minimum Gasteiger partial charge on any atom is -0.393 e. The zero-order chi connectivity index (χ0) is 15.1. The minimum absolute atomic E-state index is 0.222. The maximum atomic E-state index is 9.59. The van der Waals surface area contributed by atoms with Crippen LogP contribution < -0.4 is 15.5 Å². The molecule has 7 nitrogen and oxygen atoms in total. The van der Waals surface area contributed by atoms with Gasteiger partial charge in [-0.3, -0.25) is 0 Å². The third-order valence-electron chi connectivity index (χ3n) is 3.18. The Balaban J connectivity index is 2.16. The van der Waals surface area contributed by atoms with E-state index in [4.69, 9.17) is 0 Å². The van der Waals surface area contributed by atoms with Crippen LogP contribution in [0.15, 0.2) is 25.3 Å². The van der Waals surface area contributed by atoms with E-state index in [-0.39, 0.29) is 6.10 Å². The molecule has 0 saturated carbocycles. The first-order valence-electron chi connectivity index (χ1n) is 7.11. The highest BCUT2D eigenvalue weighted by Crippen LogP contribution is 2.18. The summed E-state index contributed by atoms with van der Waals surface area (Å²) in [6, 6.07) is 0. The Kier molecular flexibility index (Phi) is 5.51. The Morgan fingerprint density at radius 3 is 2.05 bits per heavy atom. The van der Waals surface area contributed by atoms with E-state index in [1.165, 1.54) is 0 Å². The lowest BCUT2D eigenvalue weighted by Gasteiger charge is -2.29. The van der Waals surface area contributed by atoms with Gasteiger partial charge in [0, 0.05) is 26.2 Å². The van der Waals surface area contributed by atoms with Crippen LogP contribution in [-0.4, -0.2) is 52.3 Å². The van der Waals surface area contributed by atoms with Crippen molar-refractivity contribution in [2.75, 3.05) is 41.7 Å². The van der Waals surface area contributed by atoms with Gasteiger partial charge < -0.3 is 20.6 Å². The molecule has 1 fully saturated rings. The summed E-state index contributed by atoms with van der Waals surface area (Å²) in [7, 11) is 0. The fourth-order valence-corrected chi connectivity index (χ4v) is 2.06. The van der Waals surface area contributed by atoms with Crippen molar-refractivity contribution >= 4 is 17.8 Å². The van der Waals surface area contributed by atoms with E-state index in [0.717, 1.165) is 25.9 Å². The lowest BCUT2D eigenvalue weighted by Crippen LogP contribution is -2.37. The Morgan fingerprint density at radius 1 is 1.05 bits per heavy atom. The number of hydrogen-bond acceptors (Lipinski definition) is 7. The van der Waals surface area contributed by atoms with Crippen molar-refractivity contribution in [1.82, 2.24) is 15.0 Å². The van der Waals surface area contributed by atoms with Gasteiger partial charge in [0.25, 0.3) is 0 Å². The number of rotatable bonds is 7. The summed E-state index contributed by atoms with van der Waals surface area (Å²) < 4.78 is 0. The minimum atomic E-state index is -0.222. The molecule has 0 atom stereocenters. The number of hydrogen-bond donors (Lipinski definition) is 3. The average molecular weight is 290 g/mol. The van der Waals surface area contributed by atoms with Crippen LogP contribution in [0, 0.1) is 0 Å². The van der Waals surface area contributed by atoms with Gasteiger partial charge in [-0.1, -0.05) is 12.2 Å². The normalized spacial score (nSPS) is 15.6. The summed E-state index contributed by atoms with van der Waals surface area (Å²) in [6.45, 7) is 9.99. The number of aliphatic hydroxyl groups is 1. The predicted molar refractivity (Wildman–Crippen MR) is 84.7 cm³/mol. The molecular formula is C14H22N6O. The monoisotopic (exact) mass is 290 g/mol. The summed E-state index contributed by atoms with van der Waals surface area (Å²) in [5.41, 5.74) is 0. The van der Waals surface area contributed by atoms with Crippen molar-refractivity contribution < 1.29 is 5.11 Å². The maximum Gasteiger partial charge on any atom is 0.231 e. The largest absolute Gasteiger partial charge is 0.393 e. The van der Waals surface area contributed by atoms with Gasteiger partial charge in [-0.15, -0.1) is 13.2 Å². The van der Waals surface area contributed by atoms with Crippen molar-refractivity contribution in [2.24, 2.45) is 0 Å². The molecule has 1 aliphatic rings. The van der Waals surface area contributed by atoms with Crippen LogP contribution >= 0.6 is 0 Å². The Morgan fingerprint density at radius 2 is 1.57 bits per heavy atom. The smallest absolute Gasteiger partial charge is 0.231 e. The number of nitrogens with one attached hydrogen (secondary N) is 2. The van der Waals surface area contributed by atoms with Gasteiger partial charge >= 0.3 is 0 Å². The van der Waals surface area contributed by atoms with E-state index in [0.29, 0.717) is 30.9 Å². The highest BCUT2D eigenvalue weighted by Gasteiger charge is 2.20. The Hall–Kier alpha value is -2.15. The van der Waals surface area contributed by atoms with E-state index >= 15 is 0 Å². The second-order valence-electron chi connectivity index (χ2n) is 4.84. The van der Waals surface area contributed by atoms with Crippen molar-refractivity contribution in [3.05, 3.63) is 25.3 Å². The number of piperidine rings is 1. The maximum absolute atomic E-state index is 9.59. The molecule has 0 aromatic carbocycles. The average Bonchev–Trinajstić information content (AvgIpc) is 2.51. The van der Waals surface area contributed by atoms with Crippen LogP contribution in [-0.2, 0) is 0 Å². The summed E-state index contributed by atoms with van der Waals surface area (Å²) in [4.78, 5) is 15.2. The fourth-order valence-electron chi connectivity index (χ4n) is 2.06. The molecule has 1 saturated heterocycles. The molecule has 2 rings (SSSR count). The molecule has 1 aliphatic heterocycles. The van der Waals surface area contributed by atoms with Crippen molar-refractivity contribution in [1.29, 1.82) is 0 Å². The summed E-state index contributed by atoms with van der Waals surface area (Å²) >= 11 is 0. The molecule has 0 radical (unpaired) electrons. The van der Waals surface area contributed by atoms with Gasteiger partial charge in [0.2, 0.25) is 17.8 Å².